The number of piperazine rings is 1. The van der Waals surface area contributed by atoms with Gasteiger partial charge in [-0.2, -0.15) is 0 Å². The van der Waals surface area contributed by atoms with Gasteiger partial charge in [-0.25, -0.2) is 13.2 Å². The van der Waals surface area contributed by atoms with Gasteiger partial charge < -0.3 is 51.6 Å². The van der Waals surface area contributed by atoms with E-state index in [1.807, 2.05) is 25.1 Å². The summed E-state index contributed by atoms with van der Waals surface area (Å²) in [5, 5.41) is 15.0. The van der Waals surface area contributed by atoms with Crippen molar-refractivity contribution in [1.82, 2.24) is 30.7 Å². The highest BCUT2D eigenvalue weighted by atomic mass is 35.5. The van der Waals surface area contributed by atoms with Crippen LogP contribution in [-0.2, 0) is 51.8 Å². The second-order valence-electron chi connectivity index (χ2n) is 22.3. The van der Waals surface area contributed by atoms with Crippen LogP contribution in [0.5, 0.6) is 0 Å². The van der Waals surface area contributed by atoms with Crippen LogP contribution in [0.4, 0.5) is 30.2 Å². The zero-order chi connectivity index (χ0) is 56.1. The van der Waals surface area contributed by atoms with Gasteiger partial charge in [0.2, 0.25) is 23.6 Å². The third-order valence-electron chi connectivity index (χ3n) is 16.8. The van der Waals surface area contributed by atoms with Gasteiger partial charge in [0, 0.05) is 107 Å². The highest BCUT2D eigenvalue weighted by Gasteiger charge is 2.48. The van der Waals surface area contributed by atoms with Crippen molar-refractivity contribution in [2.75, 3.05) is 94.8 Å². The zero-order valence-electron chi connectivity index (χ0n) is 47.0. The number of nitrogens with two attached hydrogens (primary N) is 1. The molecule has 3 saturated heterocycles. The topological polar surface area (TPSA) is 203 Å². The Bertz CT molecular complexity index is 2870. The molecule has 8 atom stereocenters. The molecule has 448 valence electrons. The third-order valence-corrected chi connectivity index (χ3v) is 16.8. The van der Waals surface area contributed by atoms with Crippen molar-refractivity contribution in [2.24, 2.45) is 17.6 Å². The normalized spacial score (nSPS) is 22.9. The molecule has 0 saturated carbocycles. The molecule has 0 aromatic heterocycles. The van der Waals surface area contributed by atoms with Gasteiger partial charge in [-0.3, -0.25) is 33.8 Å². The molecule has 5 aliphatic heterocycles. The smallest absolute Gasteiger partial charge is 0.252 e. The first kappa shape index (κ1) is 65.8. The Morgan fingerprint density at radius 3 is 2.27 bits per heavy atom. The van der Waals surface area contributed by atoms with E-state index >= 15 is 8.78 Å². The average Bonchev–Trinajstić information content (AvgIpc) is 4.04. The highest BCUT2D eigenvalue weighted by molar-refractivity contribution is 6.03. The van der Waals surface area contributed by atoms with Gasteiger partial charge in [0.05, 0.1) is 31.1 Å². The number of nitrogens with one attached hydrogen (secondary N) is 5. The number of fused-ring (bicyclic) bond motifs is 2. The number of carbonyl (C=O) groups is 5. The van der Waals surface area contributed by atoms with E-state index in [1.54, 1.807) is 49.2 Å². The number of ether oxygens (including phenoxy) is 2. The van der Waals surface area contributed by atoms with E-state index in [-0.39, 0.29) is 123 Å². The lowest BCUT2D eigenvalue weighted by atomic mass is 9.78. The van der Waals surface area contributed by atoms with Crippen LogP contribution in [0.15, 0.2) is 78.9 Å². The number of nitrogens with zero attached hydrogens (tertiary/aromatic N) is 4. The van der Waals surface area contributed by atoms with Crippen molar-refractivity contribution < 1.29 is 46.6 Å². The quantitative estimate of drug-likeness (QED) is 0.0671. The van der Waals surface area contributed by atoms with Crippen LogP contribution in [0.1, 0.15) is 80.8 Å². The summed E-state index contributed by atoms with van der Waals surface area (Å²) in [5.41, 5.74) is 9.28. The zero-order valence-corrected chi connectivity index (χ0v) is 49.5. The van der Waals surface area contributed by atoms with Crippen molar-refractivity contribution in [3.8, 4) is 0 Å². The van der Waals surface area contributed by atoms with Crippen LogP contribution >= 0.6 is 37.2 Å². The van der Waals surface area contributed by atoms with E-state index in [0.29, 0.717) is 80.3 Å². The maximum absolute atomic E-state index is 15.0. The molecule has 4 aromatic rings. The number of morpholine rings is 1. The minimum Gasteiger partial charge on any atom is -0.381 e. The summed E-state index contributed by atoms with van der Waals surface area (Å²) in [6.07, 6.45) is 1.48. The maximum Gasteiger partial charge on any atom is 0.252 e. The molecule has 5 heterocycles. The van der Waals surface area contributed by atoms with Crippen molar-refractivity contribution in [3.05, 3.63) is 124 Å². The molecule has 3 fully saturated rings. The molecule has 0 spiro atoms. The van der Waals surface area contributed by atoms with Gasteiger partial charge in [-0.1, -0.05) is 36.4 Å². The lowest BCUT2D eigenvalue weighted by molar-refractivity contribution is -0.146. The van der Waals surface area contributed by atoms with Crippen LogP contribution in [0.2, 0.25) is 0 Å². The molecule has 4 aromatic carbocycles. The Balaban J connectivity index is 0.00000360. The molecule has 0 bridgehead atoms. The molecule has 0 aliphatic carbocycles. The minimum absolute atomic E-state index is 0. The fourth-order valence-electron chi connectivity index (χ4n) is 12.1. The minimum atomic E-state index is -1.35. The molecule has 7 N–H and O–H groups in total. The molecule has 1 unspecified atom stereocenters. The summed E-state index contributed by atoms with van der Waals surface area (Å²) in [5.74, 6) is -5.42. The first-order valence-corrected chi connectivity index (χ1v) is 27.7. The second kappa shape index (κ2) is 28.9. The number of anilines is 3. The summed E-state index contributed by atoms with van der Waals surface area (Å²) in [6, 6.07) is 18.4. The highest BCUT2D eigenvalue weighted by Crippen LogP contribution is 2.43. The van der Waals surface area contributed by atoms with E-state index < -0.39 is 52.6 Å². The first-order valence-electron chi connectivity index (χ1n) is 27.7. The van der Waals surface area contributed by atoms with E-state index in [2.05, 4.69) is 50.2 Å². The van der Waals surface area contributed by atoms with E-state index in [0.717, 1.165) is 42.9 Å². The standard InChI is InChI=1S/C59H75F3N10O7.3ClH/c1-35-29-70(44(28-66-35)31-69-21-24-79-33-36(69)2)32-51(74)72-34-59(4,46-16-11-39(26-49(46)72)25-38-9-13-42(60)14-10-38)58(77)65-20-17-50(73)67-43-15-12-41-30-71(57(76)52(53(63)37(3)64-5)40-18-22-78-23-19-40)55(45(41)27-43)56(75)68-54-47(61)7-6-8-48(54)62;;;/h6-16,26-27,35-37,40,44,52-53,55,64,66H,17-25,28-34,63H2,1-5H3,(H,65,77)(H,67,73)(H,68,75);3*1H/t35-,36-,37+,44-,52+,53?,55+,59-;;;/m1.../s1. The molecular weight excluding hydrogens is 1120 g/mol. The molecule has 5 aliphatic rings. The third kappa shape index (κ3) is 14.7. The summed E-state index contributed by atoms with van der Waals surface area (Å²) >= 11 is 0. The fourth-order valence-corrected chi connectivity index (χ4v) is 12.1. The predicted molar refractivity (Wildman–Crippen MR) is 316 cm³/mol. The first-order chi connectivity index (χ1) is 37.9. The predicted octanol–water partition coefficient (Wildman–Crippen LogP) is 6.09. The summed E-state index contributed by atoms with van der Waals surface area (Å²) in [7, 11) is 1.75. The summed E-state index contributed by atoms with van der Waals surface area (Å²) in [4.78, 5) is 80.1. The summed E-state index contributed by atoms with van der Waals surface area (Å²) < 4.78 is 55.2. The number of hydrogen-bond acceptors (Lipinski definition) is 12. The van der Waals surface area contributed by atoms with Crippen LogP contribution in [-0.4, -0.2) is 154 Å². The molecule has 5 amide bonds. The lowest BCUT2D eigenvalue weighted by Gasteiger charge is -2.43. The SMILES string of the molecule is CN[C@@H](C)C(N)[C@@H](C(=O)N1Cc2ccc(NC(=O)CCNC(=O)[C@]3(C)CN(C(=O)CN4C[C@@H](C)NC[C@@H]4CN4CCOC[C@H]4C)c4cc(Cc5ccc(F)cc5)ccc43)cc2[C@H]1C(=O)Nc1c(F)cccc1F)C1CCOCC1.Cl.Cl.Cl. The van der Waals surface area contributed by atoms with E-state index in [1.165, 1.54) is 23.1 Å². The van der Waals surface area contributed by atoms with E-state index in [4.69, 9.17) is 15.2 Å². The van der Waals surface area contributed by atoms with Crippen molar-refractivity contribution in [2.45, 2.75) is 102 Å². The number of hydrogen-bond donors (Lipinski definition) is 6. The Hall–Kier alpha value is -5.39. The van der Waals surface area contributed by atoms with Crippen molar-refractivity contribution in [1.29, 1.82) is 0 Å². The Kier molecular flexibility index (Phi) is 23.2. The number of halogens is 6. The van der Waals surface area contributed by atoms with Crippen molar-refractivity contribution >= 4 is 83.8 Å². The number of amides is 5. The number of likely N-dealkylation sites (N-methyl/N-ethyl adjacent to an activating group) is 1. The van der Waals surface area contributed by atoms with Crippen LogP contribution < -0.4 is 37.2 Å². The number of rotatable bonds is 18. The Morgan fingerprint density at radius 1 is 0.866 bits per heavy atom. The molecule has 9 rings (SSSR count). The van der Waals surface area contributed by atoms with Crippen LogP contribution in [0.3, 0.4) is 0 Å². The number of benzene rings is 4. The molecule has 0 radical (unpaired) electrons. The largest absolute Gasteiger partial charge is 0.381 e. The number of para-hydroxylation sites is 1. The Labute approximate surface area is 496 Å². The molecule has 17 nitrogen and oxygen atoms in total. The van der Waals surface area contributed by atoms with Crippen molar-refractivity contribution in [3.63, 3.8) is 0 Å². The maximum atomic E-state index is 15.0. The van der Waals surface area contributed by atoms with Gasteiger partial charge >= 0.3 is 0 Å². The molecular formula is C59H78Cl3F3N10O7. The monoisotopic (exact) mass is 1200 g/mol. The van der Waals surface area contributed by atoms with Gasteiger partial charge in [0.1, 0.15) is 29.2 Å². The summed E-state index contributed by atoms with van der Waals surface area (Å²) in [6.45, 7) is 13.3. The van der Waals surface area contributed by atoms with Gasteiger partial charge in [-0.05, 0) is 130 Å². The molecule has 82 heavy (non-hydrogen) atoms. The van der Waals surface area contributed by atoms with Crippen LogP contribution in [0, 0.1) is 29.3 Å². The van der Waals surface area contributed by atoms with Crippen LogP contribution in [0.25, 0.3) is 0 Å². The van der Waals surface area contributed by atoms with E-state index in [9.17, 15) is 28.4 Å². The van der Waals surface area contributed by atoms with Gasteiger partial charge in [-0.15, -0.1) is 37.2 Å². The molecule has 23 heteroatoms. The van der Waals surface area contributed by atoms with Gasteiger partial charge in [0.25, 0.3) is 5.91 Å². The van der Waals surface area contributed by atoms with Gasteiger partial charge in [0.15, 0.2) is 0 Å². The Morgan fingerprint density at radius 2 is 1.57 bits per heavy atom. The average molecular weight is 1200 g/mol. The second-order valence-corrected chi connectivity index (χ2v) is 22.3. The fraction of sp³-hybridized carbons (Fsp3) is 0.508. The number of carbonyl (C=O) groups excluding carboxylic acids is 5. The lowest BCUT2D eigenvalue weighted by Crippen LogP contribution is -2.62.